The molecule has 4 rings (SSSR count). The Hall–Kier alpha value is -3.71. The molecule has 0 bridgehead atoms. The summed E-state index contributed by atoms with van der Waals surface area (Å²) >= 11 is 0. The van der Waals surface area contributed by atoms with Gasteiger partial charge in [-0.15, -0.1) is 0 Å². The number of halogens is 3. The normalized spacial score (nSPS) is 19.9. The van der Waals surface area contributed by atoms with Crippen LogP contribution in [0.1, 0.15) is 42.2 Å². The third kappa shape index (κ3) is 4.96. The zero-order valence-corrected chi connectivity index (χ0v) is 20.3. The van der Waals surface area contributed by atoms with Crippen molar-refractivity contribution in [3.8, 4) is 17.2 Å². The second-order valence-electron chi connectivity index (χ2n) is 8.80. The number of oxazole rings is 1. The van der Waals surface area contributed by atoms with Crippen LogP contribution >= 0.6 is 0 Å². The zero-order chi connectivity index (χ0) is 27.1. The minimum atomic E-state index is -4.67. The number of rotatable bonds is 6. The lowest BCUT2D eigenvalue weighted by Crippen LogP contribution is -2.42. The molecule has 1 fully saturated rings. The van der Waals surface area contributed by atoms with Crippen molar-refractivity contribution < 1.29 is 41.8 Å². The van der Waals surface area contributed by atoms with Crippen LogP contribution in [0.4, 0.5) is 13.2 Å². The number of fused-ring (bicyclic) bond motifs is 1. The molecule has 3 aromatic rings. The largest absolute Gasteiger partial charge is 0.494 e. The van der Waals surface area contributed by atoms with Crippen LogP contribution in [0.3, 0.4) is 0 Å². The van der Waals surface area contributed by atoms with Crippen LogP contribution in [-0.4, -0.2) is 63.8 Å². The van der Waals surface area contributed by atoms with E-state index in [0.717, 1.165) is 11.0 Å². The molecule has 1 unspecified atom stereocenters. The molecular weight excluding hydrogens is 497 g/mol. The molecule has 3 heterocycles. The Kier molecular flexibility index (Phi) is 6.86. The summed E-state index contributed by atoms with van der Waals surface area (Å²) < 4.78 is 55.8. The first-order chi connectivity index (χ1) is 17.4. The molecule has 1 saturated heterocycles. The summed E-state index contributed by atoms with van der Waals surface area (Å²) in [5.74, 6) is -1.36. The molecule has 2 aromatic heterocycles. The molecule has 10 nitrogen and oxygen atoms in total. The molecule has 0 spiro atoms. The van der Waals surface area contributed by atoms with Crippen molar-refractivity contribution in [2.75, 3.05) is 20.3 Å². The minimum Gasteiger partial charge on any atom is -0.494 e. The number of ether oxygens (including phenoxy) is 2. The standard InChI is InChI=1S/C24H25F3N4O6/c1-4-36-22(33)14-9-23(2,34)11-31(14)21(32)19-16(10-28)37-20(30-19)13-5-7-15(35-3)18-12(13)6-8-17(29-18)24(25,26)27/h5-8,14,34H,4,9-11,28H2,1-3H3/t14-,23?/m0/s1. The number of benzene rings is 1. The van der Waals surface area contributed by atoms with Gasteiger partial charge in [0.15, 0.2) is 11.5 Å². The van der Waals surface area contributed by atoms with Crippen LogP contribution in [0.2, 0.25) is 0 Å². The summed E-state index contributed by atoms with van der Waals surface area (Å²) in [4.78, 5) is 35.1. The van der Waals surface area contributed by atoms with Crippen molar-refractivity contribution in [2.24, 2.45) is 5.73 Å². The number of β-amino-alcohol motifs (C(OH)–C–C–N with tert-alkyl or cyclic N) is 1. The molecule has 1 amide bonds. The molecule has 1 aliphatic heterocycles. The Morgan fingerprint density at radius 2 is 2.00 bits per heavy atom. The van der Waals surface area contributed by atoms with E-state index in [9.17, 15) is 27.9 Å². The van der Waals surface area contributed by atoms with Crippen LogP contribution in [0, 0.1) is 0 Å². The van der Waals surface area contributed by atoms with E-state index in [1.165, 1.54) is 32.2 Å². The zero-order valence-electron chi connectivity index (χ0n) is 20.3. The maximum atomic E-state index is 13.5. The molecule has 13 heteroatoms. The monoisotopic (exact) mass is 522 g/mol. The van der Waals surface area contributed by atoms with Gasteiger partial charge >= 0.3 is 12.1 Å². The number of likely N-dealkylation sites (tertiary alicyclic amines) is 1. The number of carbonyl (C=O) groups is 2. The number of hydrogen-bond acceptors (Lipinski definition) is 9. The molecule has 198 valence electrons. The highest BCUT2D eigenvalue weighted by Crippen LogP contribution is 2.37. The topological polar surface area (TPSA) is 141 Å². The van der Waals surface area contributed by atoms with Gasteiger partial charge < -0.3 is 29.6 Å². The number of hydrogen-bond donors (Lipinski definition) is 2. The SMILES string of the molecule is CCOC(=O)[C@@H]1CC(C)(O)CN1C(=O)c1nc(-c2ccc(OC)c3nc(C(F)(F)F)ccc23)oc1CN. The molecule has 2 atom stereocenters. The first kappa shape index (κ1) is 26.4. The van der Waals surface area contributed by atoms with E-state index >= 15 is 0 Å². The fourth-order valence-corrected chi connectivity index (χ4v) is 4.34. The molecular formula is C24H25F3N4O6. The van der Waals surface area contributed by atoms with Gasteiger partial charge in [0, 0.05) is 17.4 Å². The highest BCUT2D eigenvalue weighted by molar-refractivity contribution is 5.99. The molecule has 3 N–H and O–H groups in total. The van der Waals surface area contributed by atoms with E-state index in [4.69, 9.17) is 19.6 Å². The van der Waals surface area contributed by atoms with Crippen molar-refractivity contribution in [3.63, 3.8) is 0 Å². The van der Waals surface area contributed by atoms with Gasteiger partial charge in [0.2, 0.25) is 5.89 Å². The highest BCUT2D eigenvalue weighted by Gasteiger charge is 2.47. The van der Waals surface area contributed by atoms with Crippen LogP contribution in [-0.2, 0) is 22.3 Å². The Balaban J connectivity index is 1.79. The van der Waals surface area contributed by atoms with Gasteiger partial charge in [-0.1, -0.05) is 0 Å². The van der Waals surface area contributed by atoms with E-state index in [-0.39, 0.29) is 65.7 Å². The summed E-state index contributed by atoms with van der Waals surface area (Å²) in [7, 11) is 1.30. The van der Waals surface area contributed by atoms with Gasteiger partial charge in [0.1, 0.15) is 23.0 Å². The van der Waals surface area contributed by atoms with Gasteiger partial charge in [0.25, 0.3) is 5.91 Å². The average molecular weight is 522 g/mol. The van der Waals surface area contributed by atoms with E-state index in [1.807, 2.05) is 0 Å². The Bertz CT molecular complexity index is 1350. The number of nitrogens with two attached hydrogens (primary N) is 1. The molecule has 0 aliphatic carbocycles. The second-order valence-corrected chi connectivity index (χ2v) is 8.80. The summed E-state index contributed by atoms with van der Waals surface area (Å²) in [6.45, 7) is 2.83. The van der Waals surface area contributed by atoms with E-state index in [2.05, 4.69) is 9.97 Å². The maximum Gasteiger partial charge on any atom is 0.433 e. The van der Waals surface area contributed by atoms with Crippen molar-refractivity contribution in [2.45, 2.75) is 44.6 Å². The second kappa shape index (κ2) is 9.63. The van der Waals surface area contributed by atoms with Crippen LogP contribution in [0.25, 0.3) is 22.4 Å². The smallest absolute Gasteiger partial charge is 0.433 e. The predicted octanol–water partition coefficient (Wildman–Crippen LogP) is 2.90. The highest BCUT2D eigenvalue weighted by atomic mass is 19.4. The number of pyridine rings is 1. The number of amides is 1. The first-order valence-electron chi connectivity index (χ1n) is 11.3. The van der Waals surface area contributed by atoms with Gasteiger partial charge in [-0.2, -0.15) is 13.2 Å². The number of methoxy groups -OCH3 is 1. The number of alkyl halides is 3. The third-order valence-electron chi connectivity index (χ3n) is 5.99. The van der Waals surface area contributed by atoms with E-state index in [0.29, 0.717) is 0 Å². The van der Waals surface area contributed by atoms with Gasteiger partial charge in [0.05, 0.1) is 32.4 Å². The number of aliphatic hydroxyl groups is 1. The lowest BCUT2D eigenvalue weighted by atomic mass is 10.0. The van der Waals surface area contributed by atoms with Gasteiger partial charge in [-0.3, -0.25) is 4.79 Å². The minimum absolute atomic E-state index is 0.00186. The Labute approximate surface area is 209 Å². The Morgan fingerprint density at radius 1 is 1.27 bits per heavy atom. The fraction of sp³-hybridized carbons (Fsp3) is 0.417. The first-order valence-corrected chi connectivity index (χ1v) is 11.3. The molecule has 1 aromatic carbocycles. The number of carbonyl (C=O) groups excluding carboxylic acids is 2. The maximum absolute atomic E-state index is 13.5. The number of aromatic nitrogens is 2. The summed E-state index contributed by atoms with van der Waals surface area (Å²) in [6, 6.07) is 3.91. The lowest BCUT2D eigenvalue weighted by molar-refractivity contribution is -0.147. The summed E-state index contributed by atoms with van der Waals surface area (Å²) in [6.07, 6.45) is -4.70. The van der Waals surface area contributed by atoms with Gasteiger partial charge in [-0.25, -0.2) is 14.8 Å². The lowest BCUT2D eigenvalue weighted by Gasteiger charge is -2.22. The molecule has 0 saturated carbocycles. The quantitative estimate of drug-likeness (QED) is 0.468. The number of nitrogens with zero attached hydrogens (tertiary/aromatic N) is 3. The van der Waals surface area contributed by atoms with Crippen molar-refractivity contribution in [3.05, 3.63) is 41.4 Å². The summed E-state index contributed by atoms with van der Waals surface area (Å²) in [5, 5.41) is 10.8. The third-order valence-corrected chi connectivity index (χ3v) is 5.99. The van der Waals surface area contributed by atoms with Crippen molar-refractivity contribution >= 4 is 22.8 Å². The predicted molar refractivity (Wildman–Crippen MR) is 123 cm³/mol. The molecule has 1 aliphatic rings. The summed E-state index contributed by atoms with van der Waals surface area (Å²) in [5.41, 5.74) is 3.34. The molecule has 37 heavy (non-hydrogen) atoms. The van der Waals surface area contributed by atoms with Crippen LogP contribution in [0.5, 0.6) is 5.75 Å². The van der Waals surface area contributed by atoms with Gasteiger partial charge in [-0.05, 0) is 38.1 Å². The van der Waals surface area contributed by atoms with Crippen LogP contribution < -0.4 is 10.5 Å². The van der Waals surface area contributed by atoms with Crippen molar-refractivity contribution in [1.29, 1.82) is 0 Å². The Morgan fingerprint density at radius 3 is 2.62 bits per heavy atom. The van der Waals surface area contributed by atoms with E-state index < -0.39 is 35.4 Å². The van der Waals surface area contributed by atoms with Crippen LogP contribution in [0.15, 0.2) is 28.7 Å². The fourth-order valence-electron chi connectivity index (χ4n) is 4.34. The average Bonchev–Trinajstić information content (AvgIpc) is 3.42. The molecule has 0 radical (unpaired) electrons. The van der Waals surface area contributed by atoms with Crippen molar-refractivity contribution in [1.82, 2.24) is 14.9 Å². The number of esters is 1. The van der Waals surface area contributed by atoms with E-state index in [1.54, 1.807) is 6.92 Å².